The number of rotatable bonds is 6. The van der Waals surface area contributed by atoms with Gasteiger partial charge in [-0.3, -0.25) is 0 Å². The highest BCUT2D eigenvalue weighted by Gasteiger charge is 2.22. The molecule has 1 N–H and O–H groups in total. The molecule has 0 heterocycles. The van der Waals surface area contributed by atoms with Crippen LogP contribution < -0.4 is 4.72 Å². The summed E-state index contributed by atoms with van der Waals surface area (Å²) in [5.41, 5.74) is 0. The molecule has 0 radical (unpaired) electrons. The molecule has 0 saturated heterocycles. The Bertz CT molecular complexity index is 529. The topological polar surface area (TPSA) is 46.2 Å². The highest BCUT2D eigenvalue weighted by atomic mass is 79.9. The zero-order valence-corrected chi connectivity index (χ0v) is 13.7. The van der Waals surface area contributed by atoms with E-state index >= 15 is 0 Å². The highest BCUT2D eigenvalue weighted by Crippen LogP contribution is 2.21. The third-order valence-corrected chi connectivity index (χ3v) is 5.50. The van der Waals surface area contributed by atoms with Crippen LogP contribution in [0.5, 0.6) is 0 Å². The lowest BCUT2D eigenvalue weighted by molar-refractivity contribution is 0.390. The minimum Gasteiger partial charge on any atom is -0.208 e. The molecule has 3 nitrogen and oxygen atoms in total. The molecule has 0 aliphatic rings. The fourth-order valence-corrected chi connectivity index (χ4v) is 3.62. The van der Waals surface area contributed by atoms with Crippen molar-refractivity contribution in [1.82, 2.24) is 4.72 Å². The van der Waals surface area contributed by atoms with Gasteiger partial charge in [0.05, 0.1) is 9.37 Å². The van der Waals surface area contributed by atoms with Crippen molar-refractivity contribution in [1.29, 1.82) is 0 Å². The first kappa shape index (κ1) is 16.6. The van der Waals surface area contributed by atoms with Gasteiger partial charge in [0.1, 0.15) is 5.82 Å². The second kappa shape index (κ2) is 6.81. The van der Waals surface area contributed by atoms with Crippen molar-refractivity contribution < 1.29 is 12.8 Å². The largest absolute Gasteiger partial charge is 0.240 e. The standard InChI is InChI=1S/C13H19BrFNO2S/c1-4-10(5-2)9(3)16-19(17,18)11-6-7-12(14)13(15)8-11/h6-10,16H,4-5H2,1-3H3. The van der Waals surface area contributed by atoms with E-state index in [1.165, 1.54) is 12.1 Å². The average Bonchev–Trinajstić information content (AvgIpc) is 2.33. The van der Waals surface area contributed by atoms with Crippen LogP contribution >= 0.6 is 15.9 Å². The number of nitrogens with one attached hydrogen (secondary N) is 1. The molecule has 6 heteroatoms. The SMILES string of the molecule is CCC(CC)C(C)NS(=O)(=O)c1ccc(Br)c(F)c1. The van der Waals surface area contributed by atoms with Crippen LogP contribution in [0, 0.1) is 11.7 Å². The summed E-state index contributed by atoms with van der Waals surface area (Å²) in [7, 11) is -3.67. The number of sulfonamides is 1. The summed E-state index contributed by atoms with van der Waals surface area (Å²) in [6, 6.07) is 3.62. The first-order chi connectivity index (χ1) is 8.81. The van der Waals surface area contributed by atoms with Crippen LogP contribution in [0.2, 0.25) is 0 Å². The van der Waals surface area contributed by atoms with Crippen molar-refractivity contribution in [3.05, 3.63) is 28.5 Å². The Balaban J connectivity index is 2.95. The normalized spacial score (nSPS) is 13.8. The summed E-state index contributed by atoms with van der Waals surface area (Å²) >= 11 is 3.00. The van der Waals surface area contributed by atoms with E-state index in [-0.39, 0.29) is 21.3 Å². The van der Waals surface area contributed by atoms with Gasteiger partial charge < -0.3 is 0 Å². The summed E-state index contributed by atoms with van der Waals surface area (Å²) in [5, 5.41) is 0. The summed E-state index contributed by atoms with van der Waals surface area (Å²) in [6.07, 6.45) is 1.80. The predicted octanol–water partition coefficient (Wildman–Crippen LogP) is 3.69. The quantitative estimate of drug-likeness (QED) is 0.849. The van der Waals surface area contributed by atoms with Crippen LogP contribution in [0.15, 0.2) is 27.6 Å². The van der Waals surface area contributed by atoms with Crippen LogP contribution in [0.3, 0.4) is 0 Å². The summed E-state index contributed by atoms with van der Waals surface area (Å²) in [4.78, 5) is -0.0500. The van der Waals surface area contributed by atoms with E-state index in [1.54, 1.807) is 0 Å². The van der Waals surface area contributed by atoms with E-state index < -0.39 is 15.8 Å². The molecule has 1 atom stereocenters. The average molecular weight is 352 g/mol. The Morgan fingerprint density at radius 1 is 1.32 bits per heavy atom. The highest BCUT2D eigenvalue weighted by molar-refractivity contribution is 9.10. The van der Waals surface area contributed by atoms with Gasteiger partial charge in [-0.05, 0) is 47.0 Å². The molecule has 0 bridgehead atoms. The molecule has 1 rings (SSSR count). The van der Waals surface area contributed by atoms with Gasteiger partial charge in [0.15, 0.2) is 0 Å². The first-order valence-corrected chi connectivity index (χ1v) is 8.56. The lowest BCUT2D eigenvalue weighted by atomic mass is 9.96. The molecule has 0 saturated carbocycles. The predicted molar refractivity (Wildman–Crippen MR) is 78.0 cm³/mol. The van der Waals surface area contributed by atoms with E-state index in [0.29, 0.717) is 0 Å². The van der Waals surface area contributed by atoms with Crippen LogP contribution in [-0.2, 0) is 10.0 Å². The van der Waals surface area contributed by atoms with E-state index in [4.69, 9.17) is 0 Å². The molecule has 1 aromatic rings. The van der Waals surface area contributed by atoms with Gasteiger partial charge >= 0.3 is 0 Å². The Morgan fingerprint density at radius 3 is 2.37 bits per heavy atom. The van der Waals surface area contributed by atoms with Gasteiger partial charge in [-0.2, -0.15) is 0 Å². The summed E-state index contributed by atoms with van der Waals surface area (Å²) in [6.45, 7) is 5.89. The van der Waals surface area contributed by atoms with Crippen LogP contribution in [-0.4, -0.2) is 14.5 Å². The maximum absolute atomic E-state index is 13.4. The van der Waals surface area contributed by atoms with Crippen molar-refractivity contribution in [2.24, 2.45) is 5.92 Å². The van der Waals surface area contributed by atoms with Crippen molar-refractivity contribution in [2.45, 2.75) is 44.6 Å². The summed E-state index contributed by atoms with van der Waals surface area (Å²) in [5.74, 6) is -0.312. The first-order valence-electron chi connectivity index (χ1n) is 6.29. The molecule has 0 aromatic heterocycles. The second-order valence-electron chi connectivity index (χ2n) is 4.56. The van der Waals surface area contributed by atoms with Crippen molar-refractivity contribution in [2.75, 3.05) is 0 Å². The third-order valence-electron chi connectivity index (χ3n) is 3.30. The summed E-state index contributed by atoms with van der Waals surface area (Å²) < 4.78 is 40.6. The van der Waals surface area contributed by atoms with Gasteiger partial charge in [0, 0.05) is 6.04 Å². The Kier molecular flexibility index (Phi) is 5.95. The lowest BCUT2D eigenvalue weighted by Gasteiger charge is -2.22. The smallest absolute Gasteiger partial charge is 0.208 e. The Labute approximate surface area is 122 Å². The minimum absolute atomic E-state index is 0.0500. The molecule has 19 heavy (non-hydrogen) atoms. The van der Waals surface area contributed by atoms with Crippen molar-refractivity contribution in [3.63, 3.8) is 0 Å². The zero-order valence-electron chi connectivity index (χ0n) is 11.3. The van der Waals surface area contributed by atoms with Crippen LogP contribution in [0.25, 0.3) is 0 Å². The number of hydrogen-bond acceptors (Lipinski definition) is 2. The van der Waals surface area contributed by atoms with Crippen molar-refractivity contribution >= 4 is 26.0 Å². The van der Waals surface area contributed by atoms with Gasteiger partial charge in [-0.1, -0.05) is 26.7 Å². The van der Waals surface area contributed by atoms with Gasteiger partial charge in [-0.15, -0.1) is 0 Å². The van der Waals surface area contributed by atoms with Crippen LogP contribution in [0.1, 0.15) is 33.6 Å². The Hall–Kier alpha value is -0.460. The molecule has 0 spiro atoms. The minimum atomic E-state index is -3.67. The molecule has 108 valence electrons. The molecule has 0 aliphatic carbocycles. The monoisotopic (exact) mass is 351 g/mol. The molecule has 0 aliphatic heterocycles. The van der Waals surface area contributed by atoms with Crippen LogP contribution in [0.4, 0.5) is 4.39 Å². The second-order valence-corrected chi connectivity index (χ2v) is 7.13. The zero-order chi connectivity index (χ0) is 14.6. The van der Waals surface area contributed by atoms with E-state index in [2.05, 4.69) is 20.7 Å². The molecule has 0 fully saturated rings. The maximum atomic E-state index is 13.4. The van der Waals surface area contributed by atoms with E-state index in [1.807, 2.05) is 20.8 Å². The third kappa shape index (κ3) is 4.26. The van der Waals surface area contributed by atoms with E-state index in [0.717, 1.165) is 18.9 Å². The number of hydrogen-bond donors (Lipinski definition) is 1. The molecular weight excluding hydrogens is 333 g/mol. The molecular formula is C13H19BrFNO2S. The lowest BCUT2D eigenvalue weighted by Crippen LogP contribution is -2.37. The van der Waals surface area contributed by atoms with Crippen molar-refractivity contribution in [3.8, 4) is 0 Å². The number of halogens is 2. The molecule has 1 unspecified atom stereocenters. The molecule has 1 aromatic carbocycles. The van der Waals surface area contributed by atoms with Gasteiger partial charge in [0.25, 0.3) is 0 Å². The fraction of sp³-hybridized carbons (Fsp3) is 0.538. The number of benzene rings is 1. The van der Waals surface area contributed by atoms with Gasteiger partial charge in [-0.25, -0.2) is 17.5 Å². The Morgan fingerprint density at radius 2 is 1.89 bits per heavy atom. The maximum Gasteiger partial charge on any atom is 0.240 e. The fourth-order valence-electron chi connectivity index (χ4n) is 2.05. The van der Waals surface area contributed by atoms with Gasteiger partial charge in [0.2, 0.25) is 10.0 Å². The molecule has 0 amide bonds. The van der Waals surface area contributed by atoms with E-state index in [9.17, 15) is 12.8 Å².